The number of hydrogen-bond acceptors (Lipinski definition) is 3. The molecular formula is C15H22N2O2. The monoisotopic (exact) mass is 262 g/mol. The molecule has 4 heteroatoms. The first-order chi connectivity index (χ1) is 9.11. The van der Waals surface area contributed by atoms with Gasteiger partial charge in [-0.2, -0.15) is 0 Å². The van der Waals surface area contributed by atoms with Gasteiger partial charge in [-0.3, -0.25) is 4.98 Å². The molecule has 1 saturated carbocycles. The minimum Gasteiger partial charge on any atom is -0.478 e. The summed E-state index contributed by atoms with van der Waals surface area (Å²) >= 11 is 0. The maximum absolute atomic E-state index is 11.2. The van der Waals surface area contributed by atoms with E-state index in [2.05, 4.69) is 17.2 Å². The molecule has 1 aromatic rings. The summed E-state index contributed by atoms with van der Waals surface area (Å²) in [6, 6.07) is 2.23. The first-order valence-electron chi connectivity index (χ1n) is 7.08. The van der Waals surface area contributed by atoms with E-state index < -0.39 is 5.97 Å². The van der Waals surface area contributed by atoms with Gasteiger partial charge in [-0.05, 0) is 31.7 Å². The average molecular weight is 262 g/mol. The smallest absolute Gasteiger partial charge is 0.339 e. The molecular weight excluding hydrogens is 240 g/mol. The fraction of sp³-hybridized carbons (Fsp3) is 0.600. The standard InChI is InChI=1S/C15H22N2O2/c1-3-11-6-4-5-7-13(11)17-14-8-10(2)16-9-12(14)15(18)19/h8-9,11,13H,3-7H2,1-2H3,(H,16,17)(H,18,19). The largest absolute Gasteiger partial charge is 0.478 e. The molecule has 4 nitrogen and oxygen atoms in total. The molecule has 2 atom stereocenters. The maximum atomic E-state index is 11.2. The van der Waals surface area contributed by atoms with E-state index >= 15 is 0 Å². The van der Waals surface area contributed by atoms with E-state index in [0.717, 1.165) is 18.5 Å². The summed E-state index contributed by atoms with van der Waals surface area (Å²) < 4.78 is 0. The Labute approximate surface area is 114 Å². The number of pyridine rings is 1. The molecule has 1 aromatic heterocycles. The molecule has 2 rings (SSSR count). The van der Waals surface area contributed by atoms with Gasteiger partial charge in [0.1, 0.15) is 5.56 Å². The van der Waals surface area contributed by atoms with Gasteiger partial charge >= 0.3 is 5.97 Å². The number of carbonyl (C=O) groups is 1. The predicted molar refractivity (Wildman–Crippen MR) is 75.6 cm³/mol. The molecule has 2 unspecified atom stereocenters. The lowest BCUT2D eigenvalue weighted by molar-refractivity contribution is 0.0697. The highest BCUT2D eigenvalue weighted by molar-refractivity contribution is 5.93. The molecule has 1 aliphatic carbocycles. The Morgan fingerprint density at radius 1 is 1.47 bits per heavy atom. The summed E-state index contributed by atoms with van der Waals surface area (Å²) in [5.74, 6) is -0.275. The lowest BCUT2D eigenvalue weighted by Gasteiger charge is -2.32. The average Bonchev–Trinajstić information content (AvgIpc) is 2.39. The van der Waals surface area contributed by atoms with Crippen LogP contribution in [-0.2, 0) is 0 Å². The van der Waals surface area contributed by atoms with Crippen LogP contribution in [0.25, 0.3) is 0 Å². The molecule has 1 fully saturated rings. The molecule has 19 heavy (non-hydrogen) atoms. The van der Waals surface area contributed by atoms with Crippen LogP contribution in [0.2, 0.25) is 0 Å². The second-order valence-electron chi connectivity index (χ2n) is 5.38. The van der Waals surface area contributed by atoms with Crippen LogP contribution in [0.1, 0.15) is 55.1 Å². The Hall–Kier alpha value is -1.58. The SMILES string of the molecule is CCC1CCCCC1Nc1cc(C)ncc1C(=O)O. The Morgan fingerprint density at radius 3 is 2.89 bits per heavy atom. The second kappa shape index (κ2) is 6.04. The van der Waals surface area contributed by atoms with Crippen molar-refractivity contribution < 1.29 is 9.90 Å². The van der Waals surface area contributed by atoms with Crippen molar-refractivity contribution in [3.05, 3.63) is 23.5 Å². The summed E-state index contributed by atoms with van der Waals surface area (Å²) in [7, 11) is 0. The van der Waals surface area contributed by atoms with Crippen molar-refractivity contribution in [2.75, 3.05) is 5.32 Å². The number of carboxylic acids is 1. The Morgan fingerprint density at radius 2 is 2.21 bits per heavy atom. The summed E-state index contributed by atoms with van der Waals surface area (Å²) in [4.78, 5) is 15.3. The zero-order valence-corrected chi connectivity index (χ0v) is 11.6. The fourth-order valence-corrected chi connectivity index (χ4v) is 2.94. The Balaban J connectivity index is 2.21. The lowest BCUT2D eigenvalue weighted by Crippen LogP contribution is -2.32. The van der Waals surface area contributed by atoms with Crippen LogP contribution in [0.5, 0.6) is 0 Å². The quantitative estimate of drug-likeness (QED) is 0.872. The van der Waals surface area contributed by atoms with E-state index in [0.29, 0.717) is 17.6 Å². The molecule has 1 aliphatic rings. The number of aromatic carboxylic acids is 1. The molecule has 0 saturated heterocycles. The van der Waals surface area contributed by atoms with Gasteiger partial charge in [0.05, 0.1) is 5.69 Å². The highest BCUT2D eigenvalue weighted by atomic mass is 16.4. The van der Waals surface area contributed by atoms with Crippen molar-refractivity contribution in [3.8, 4) is 0 Å². The minimum absolute atomic E-state index is 0.269. The van der Waals surface area contributed by atoms with E-state index in [-0.39, 0.29) is 5.56 Å². The van der Waals surface area contributed by atoms with Crippen molar-refractivity contribution >= 4 is 11.7 Å². The number of aryl methyl sites for hydroxylation is 1. The third-order valence-corrected chi connectivity index (χ3v) is 4.05. The summed E-state index contributed by atoms with van der Waals surface area (Å²) in [5.41, 5.74) is 1.83. The van der Waals surface area contributed by atoms with Crippen LogP contribution in [0.4, 0.5) is 5.69 Å². The molecule has 1 heterocycles. The van der Waals surface area contributed by atoms with E-state index in [9.17, 15) is 9.90 Å². The molecule has 0 aliphatic heterocycles. The first kappa shape index (κ1) is 13.8. The van der Waals surface area contributed by atoms with Crippen molar-refractivity contribution in [2.45, 2.75) is 52.0 Å². The van der Waals surface area contributed by atoms with Gasteiger partial charge in [0.25, 0.3) is 0 Å². The fourth-order valence-electron chi connectivity index (χ4n) is 2.94. The third kappa shape index (κ3) is 3.25. The van der Waals surface area contributed by atoms with Crippen LogP contribution >= 0.6 is 0 Å². The molecule has 0 radical (unpaired) electrons. The van der Waals surface area contributed by atoms with Crippen LogP contribution in [0, 0.1) is 12.8 Å². The number of rotatable bonds is 4. The normalized spacial score (nSPS) is 23.1. The number of aromatic nitrogens is 1. The number of anilines is 1. The van der Waals surface area contributed by atoms with Crippen LogP contribution in [0.15, 0.2) is 12.3 Å². The van der Waals surface area contributed by atoms with Crippen molar-refractivity contribution in [1.82, 2.24) is 4.98 Å². The Bertz CT molecular complexity index is 459. The molecule has 0 spiro atoms. The van der Waals surface area contributed by atoms with Gasteiger partial charge in [0, 0.05) is 17.9 Å². The first-order valence-corrected chi connectivity index (χ1v) is 7.08. The highest BCUT2D eigenvalue weighted by Crippen LogP contribution is 2.30. The number of nitrogens with zero attached hydrogens (tertiary/aromatic N) is 1. The summed E-state index contributed by atoms with van der Waals surface area (Å²) in [6.45, 7) is 4.09. The molecule has 0 aromatic carbocycles. The maximum Gasteiger partial charge on any atom is 0.339 e. The third-order valence-electron chi connectivity index (χ3n) is 4.05. The van der Waals surface area contributed by atoms with Gasteiger partial charge in [0.15, 0.2) is 0 Å². The van der Waals surface area contributed by atoms with Gasteiger partial charge in [-0.1, -0.05) is 26.2 Å². The van der Waals surface area contributed by atoms with Crippen molar-refractivity contribution in [2.24, 2.45) is 5.92 Å². The predicted octanol–water partition coefficient (Wildman–Crippen LogP) is 3.47. The number of nitrogens with one attached hydrogen (secondary N) is 1. The van der Waals surface area contributed by atoms with E-state index in [1.54, 1.807) is 0 Å². The van der Waals surface area contributed by atoms with Crippen LogP contribution in [0.3, 0.4) is 0 Å². The molecule has 0 amide bonds. The number of carboxylic acid groups (broad SMARTS) is 1. The molecule has 2 N–H and O–H groups in total. The second-order valence-corrected chi connectivity index (χ2v) is 5.38. The van der Waals surface area contributed by atoms with Gasteiger partial charge in [0.2, 0.25) is 0 Å². The zero-order chi connectivity index (χ0) is 13.8. The van der Waals surface area contributed by atoms with Crippen molar-refractivity contribution in [3.63, 3.8) is 0 Å². The highest BCUT2D eigenvalue weighted by Gasteiger charge is 2.24. The van der Waals surface area contributed by atoms with E-state index in [1.165, 1.54) is 25.5 Å². The van der Waals surface area contributed by atoms with Crippen LogP contribution < -0.4 is 5.32 Å². The van der Waals surface area contributed by atoms with E-state index in [1.807, 2.05) is 13.0 Å². The van der Waals surface area contributed by atoms with Gasteiger partial charge in [-0.15, -0.1) is 0 Å². The molecule has 104 valence electrons. The summed E-state index contributed by atoms with van der Waals surface area (Å²) in [5, 5.41) is 12.7. The topological polar surface area (TPSA) is 62.2 Å². The minimum atomic E-state index is -0.918. The molecule has 0 bridgehead atoms. The van der Waals surface area contributed by atoms with Gasteiger partial charge < -0.3 is 10.4 Å². The summed E-state index contributed by atoms with van der Waals surface area (Å²) in [6.07, 6.45) is 7.46. The zero-order valence-electron chi connectivity index (χ0n) is 11.6. The number of hydrogen-bond donors (Lipinski definition) is 2. The van der Waals surface area contributed by atoms with E-state index in [4.69, 9.17) is 0 Å². The van der Waals surface area contributed by atoms with Crippen molar-refractivity contribution in [1.29, 1.82) is 0 Å². The lowest BCUT2D eigenvalue weighted by atomic mass is 9.82. The van der Waals surface area contributed by atoms with Gasteiger partial charge in [-0.25, -0.2) is 4.79 Å². The van der Waals surface area contributed by atoms with Crippen LogP contribution in [-0.4, -0.2) is 22.1 Å². The Kier molecular flexibility index (Phi) is 4.40.